The van der Waals surface area contributed by atoms with Gasteiger partial charge in [-0.2, -0.15) is 0 Å². The largest absolute Gasteiger partial charge is 0.453 e. The average Bonchev–Trinajstić information content (AvgIpc) is 2.43. The second-order valence-corrected chi connectivity index (χ2v) is 5.23. The Bertz CT molecular complexity index is 408. The highest BCUT2D eigenvalue weighted by molar-refractivity contribution is 5.67. The molecular weight excluding hydrogens is 240 g/mol. The van der Waals surface area contributed by atoms with Crippen molar-refractivity contribution in [2.45, 2.75) is 25.9 Å². The summed E-state index contributed by atoms with van der Waals surface area (Å²) >= 11 is 0. The summed E-state index contributed by atoms with van der Waals surface area (Å²) in [6.45, 7) is 5.08. The standard InChI is InChI=1S/C15H22N2O2/c1-12-8-9-17(10-13-6-4-3-5-7-13)11-14(12)16-15(18)19-2/h3-7,12,14H,8-11H2,1-2H3,(H,16,18)/t12?,14-/m0/s1. The molecule has 1 aliphatic rings. The molecule has 1 heterocycles. The third-order valence-corrected chi connectivity index (χ3v) is 3.78. The monoisotopic (exact) mass is 262 g/mol. The fourth-order valence-electron chi connectivity index (χ4n) is 2.52. The van der Waals surface area contributed by atoms with Crippen LogP contribution >= 0.6 is 0 Å². The number of piperidine rings is 1. The molecule has 0 aromatic heterocycles. The Kier molecular flexibility index (Phi) is 4.80. The van der Waals surface area contributed by atoms with E-state index in [4.69, 9.17) is 0 Å². The topological polar surface area (TPSA) is 41.6 Å². The van der Waals surface area contributed by atoms with Gasteiger partial charge in [-0.05, 0) is 24.4 Å². The van der Waals surface area contributed by atoms with Crippen LogP contribution in [0.4, 0.5) is 4.79 Å². The van der Waals surface area contributed by atoms with Crippen molar-refractivity contribution in [3.63, 3.8) is 0 Å². The van der Waals surface area contributed by atoms with Gasteiger partial charge in [-0.15, -0.1) is 0 Å². The highest BCUT2D eigenvalue weighted by Gasteiger charge is 2.27. The van der Waals surface area contributed by atoms with Crippen LogP contribution in [0.1, 0.15) is 18.9 Å². The van der Waals surface area contributed by atoms with Gasteiger partial charge in [0.05, 0.1) is 7.11 Å². The van der Waals surface area contributed by atoms with E-state index >= 15 is 0 Å². The second-order valence-electron chi connectivity index (χ2n) is 5.23. The van der Waals surface area contributed by atoms with Crippen molar-refractivity contribution in [3.8, 4) is 0 Å². The van der Waals surface area contributed by atoms with Gasteiger partial charge in [0.25, 0.3) is 0 Å². The lowest BCUT2D eigenvalue weighted by Gasteiger charge is -2.37. The van der Waals surface area contributed by atoms with Crippen molar-refractivity contribution in [1.29, 1.82) is 0 Å². The minimum Gasteiger partial charge on any atom is -0.453 e. The summed E-state index contributed by atoms with van der Waals surface area (Å²) in [6, 6.07) is 10.6. The van der Waals surface area contributed by atoms with Crippen molar-refractivity contribution in [2.75, 3.05) is 20.2 Å². The van der Waals surface area contributed by atoms with E-state index in [1.54, 1.807) is 0 Å². The number of ether oxygens (including phenoxy) is 1. The first kappa shape index (κ1) is 13.9. The molecule has 2 rings (SSSR count). The second kappa shape index (κ2) is 6.57. The SMILES string of the molecule is COC(=O)N[C@H]1CN(Cc2ccccc2)CCC1C. The molecule has 1 amide bonds. The summed E-state index contributed by atoms with van der Waals surface area (Å²) in [5, 5.41) is 2.93. The van der Waals surface area contributed by atoms with Crippen molar-refractivity contribution >= 4 is 6.09 Å². The molecule has 0 aliphatic carbocycles. The zero-order chi connectivity index (χ0) is 13.7. The van der Waals surface area contributed by atoms with Crippen molar-refractivity contribution in [1.82, 2.24) is 10.2 Å². The summed E-state index contributed by atoms with van der Waals surface area (Å²) < 4.78 is 4.69. The van der Waals surface area contributed by atoms with Crippen molar-refractivity contribution < 1.29 is 9.53 Å². The molecule has 4 heteroatoms. The smallest absolute Gasteiger partial charge is 0.407 e. The predicted molar refractivity (Wildman–Crippen MR) is 74.8 cm³/mol. The van der Waals surface area contributed by atoms with Crippen LogP contribution in [0.3, 0.4) is 0 Å². The number of methoxy groups -OCH3 is 1. The van der Waals surface area contributed by atoms with E-state index < -0.39 is 0 Å². The summed E-state index contributed by atoms with van der Waals surface area (Å²) in [5.41, 5.74) is 1.31. The fraction of sp³-hybridized carbons (Fsp3) is 0.533. The van der Waals surface area contributed by atoms with Crippen LogP contribution < -0.4 is 5.32 Å². The van der Waals surface area contributed by atoms with Crippen molar-refractivity contribution in [3.05, 3.63) is 35.9 Å². The number of rotatable bonds is 3. The zero-order valence-electron chi connectivity index (χ0n) is 11.6. The first-order chi connectivity index (χ1) is 9.19. The van der Waals surface area contributed by atoms with Gasteiger partial charge in [0.15, 0.2) is 0 Å². The Morgan fingerprint density at radius 3 is 2.84 bits per heavy atom. The molecule has 1 N–H and O–H groups in total. The van der Waals surface area contributed by atoms with Crippen LogP contribution in [0.25, 0.3) is 0 Å². The van der Waals surface area contributed by atoms with Gasteiger partial charge in [0.1, 0.15) is 0 Å². The van der Waals surface area contributed by atoms with E-state index in [1.165, 1.54) is 12.7 Å². The third-order valence-electron chi connectivity index (χ3n) is 3.78. The minimum absolute atomic E-state index is 0.171. The average molecular weight is 262 g/mol. The molecule has 1 fully saturated rings. The maximum Gasteiger partial charge on any atom is 0.407 e. The summed E-state index contributed by atoms with van der Waals surface area (Å²) in [5.74, 6) is 0.492. The summed E-state index contributed by atoms with van der Waals surface area (Å²) in [4.78, 5) is 13.7. The van der Waals surface area contributed by atoms with Crippen LogP contribution in [0, 0.1) is 5.92 Å². The number of likely N-dealkylation sites (tertiary alicyclic amines) is 1. The molecule has 1 aromatic carbocycles. The minimum atomic E-state index is -0.335. The molecule has 1 aromatic rings. The summed E-state index contributed by atoms with van der Waals surface area (Å²) in [7, 11) is 1.41. The van der Waals surface area contributed by atoms with Gasteiger partial charge in [0.2, 0.25) is 0 Å². The van der Waals surface area contributed by atoms with Gasteiger partial charge in [0, 0.05) is 19.1 Å². The van der Waals surface area contributed by atoms with Crippen LogP contribution in [-0.4, -0.2) is 37.2 Å². The van der Waals surface area contributed by atoms with E-state index in [2.05, 4.69) is 46.1 Å². The van der Waals surface area contributed by atoms with Gasteiger partial charge < -0.3 is 10.1 Å². The lowest BCUT2D eigenvalue weighted by Crippen LogP contribution is -2.51. The number of amides is 1. The first-order valence-corrected chi connectivity index (χ1v) is 6.80. The molecule has 19 heavy (non-hydrogen) atoms. The third kappa shape index (κ3) is 3.96. The maximum absolute atomic E-state index is 11.3. The number of carbonyl (C=O) groups is 1. The Balaban J connectivity index is 1.91. The molecule has 0 spiro atoms. The highest BCUT2D eigenvalue weighted by atomic mass is 16.5. The van der Waals surface area contributed by atoms with Crippen LogP contribution in [0.5, 0.6) is 0 Å². The number of carbonyl (C=O) groups excluding carboxylic acids is 1. The molecule has 0 saturated carbocycles. The molecule has 1 saturated heterocycles. The van der Waals surface area contributed by atoms with Crippen LogP contribution in [-0.2, 0) is 11.3 Å². The number of alkyl carbamates (subject to hydrolysis) is 1. The number of nitrogens with zero attached hydrogens (tertiary/aromatic N) is 1. The van der Waals surface area contributed by atoms with E-state index in [1.807, 2.05) is 6.07 Å². The Morgan fingerprint density at radius 2 is 2.16 bits per heavy atom. The molecule has 0 radical (unpaired) electrons. The van der Waals surface area contributed by atoms with E-state index in [-0.39, 0.29) is 12.1 Å². The van der Waals surface area contributed by atoms with Crippen LogP contribution in [0.15, 0.2) is 30.3 Å². The van der Waals surface area contributed by atoms with E-state index in [0.29, 0.717) is 5.92 Å². The predicted octanol–water partition coefficient (Wildman–Crippen LogP) is 2.25. The van der Waals surface area contributed by atoms with Crippen LogP contribution in [0.2, 0.25) is 0 Å². The van der Waals surface area contributed by atoms with Crippen molar-refractivity contribution in [2.24, 2.45) is 5.92 Å². The molecule has 1 unspecified atom stereocenters. The van der Waals surface area contributed by atoms with Gasteiger partial charge in [-0.3, -0.25) is 4.90 Å². The number of hydrogen-bond acceptors (Lipinski definition) is 3. The van der Waals surface area contributed by atoms with E-state index in [0.717, 1.165) is 26.1 Å². The van der Waals surface area contributed by atoms with Gasteiger partial charge in [-0.1, -0.05) is 37.3 Å². The maximum atomic E-state index is 11.3. The Labute approximate surface area is 114 Å². The van der Waals surface area contributed by atoms with Gasteiger partial charge >= 0.3 is 6.09 Å². The molecular formula is C15H22N2O2. The quantitative estimate of drug-likeness (QED) is 0.908. The molecule has 1 aliphatic heterocycles. The first-order valence-electron chi connectivity index (χ1n) is 6.80. The normalized spacial score (nSPS) is 23.9. The lowest BCUT2D eigenvalue weighted by atomic mass is 9.93. The Morgan fingerprint density at radius 1 is 1.42 bits per heavy atom. The molecule has 104 valence electrons. The lowest BCUT2D eigenvalue weighted by molar-refractivity contribution is 0.123. The number of nitrogens with one attached hydrogen (secondary N) is 1. The number of benzene rings is 1. The Hall–Kier alpha value is -1.55. The molecule has 0 bridgehead atoms. The summed E-state index contributed by atoms with van der Waals surface area (Å²) in [6.07, 6.45) is 0.764. The highest BCUT2D eigenvalue weighted by Crippen LogP contribution is 2.19. The molecule has 4 nitrogen and oxygen atoms in total. The molecule has 2 atom stereocenters. The van der Waals surface area contributed by atoms with E-state index in [9.17, 15) is 4.79 Å². The number of hydrogen-bond donors (Lipinski definition) is 1. The fourth-order valence-corrected chi connectivity index (χ4v) is 2.52. The zero-order valence-corrected chi connectivity index (χ0v) is 11.6. The van der Waals surface area contributed by atoms with Gasteiger partial charge in [-0.25, -0.2) is 4.79 Å².